The summed E-state index contributed by atoms with van der Waals surface area (Å²) in [4.78, 5) is 9.18. The predicted octanol–water partition coefficient (Wildman–Crippen LogP) is 6.55. The molecule has 0 radical (unpaired) electrons. The predicted molar refractivity (Wildman–Crippen MR) is 152 cm³/mol. The van der Waals surface area contributed by atoms with E-state index in [0.29, 0.717) is 11.7 Å². The number of benzene rings is 2. The number of nitrogens with one attached hydrogen (secondary N) is 1. The zero-order valence-corrected chi connectivity index (χ0v) is 22.8. The van der Waals surface area contributed by atoms with E-state index in [1.807, 2.05) is 36.5 Å². The normalized spacial score (nSPS) is 20.6. The van der Waals surface area contributed by atoms with E-state index in [2.05, 4.69) is 78.3 Å². The molecule has 1 N–H and O–H groups in total. The number of likely N-dealkylation sites (N-methyl/N-ethyl adjacent to an activating group) is 1. The van der Waals surface area contributed by atoms with Crippen LogP contribution in [0.3, 0.4) is 0 Å². The molecule has 2 aliphatic rings. The van der Waals surface area contributed by atoms with Crippen molar-refractivity contribution in [1.29, 1.82) is 0 Å². The molecule has 0 saturated carbocycles. The first kappa shape index (κ1) is 24.6. The number of ether oxygens (including phenoxy) is 1. The SMILES string of the molecule is COc1ccc(CN2C(=S)N[C@@H](c3ccccn3)[C@@H]2c2cc3c(cc2Cl)N(C)C(C)(C)C=C3C)cc1. The molecule has 2 atom stereocenters. The molecule has 186 valence electrons. The second-order valence-electron chi connectivity index (χ2n) is 10.0. The molecule has 3 aromatic rings. The van der Waals surface area contributed by atoms with Crippen LogP contribution in [0, 0.1) is 0 Å². The van der Waals surface area contributed by atoms with E-state index >= 15 is 0 Å². The second-order valence-corrected chi connectivity index (χ2v) is 10.8. The molecule has 0 aliphatic carbocycles. The number of thiocarbonyl (C=S) groups is 1. The largest absolute Gasteiger partial charge is 0.497 e. The molecule has 0 spiro atoms. The Bertz CT molecular complexity index is 1320. The van der Waals surface area contributed by atoms with Gasteiger partial charge in [-0.25, -0.2) is 0 Å². The monoisotopic (exact) mass is 518 g/mol. The first-order valence-electron chi connectivity index (χ1n) is 12.1. The molecule has 2 aromatic carbocycles. The number of rotatable bonds is 5. The van der Waals surface area contributed by atoms with Crippen LogP contribution in [0.1, 0.15) is 55.2 Å². The summed E-state index contributed by atoms with van der Waals surface area (Å²) in [5.41, 5.74) is 6.59. The van der Waals surface area contributed by atoms with Gasteiger partial charge in [-0.3, -0.25) is 4.98 Å². The zero-order valence-electron chi connectivity index (χ0n) is 21.2. The lowest BCUT2D eigenvalue weighted by Crippen LogP contribution is -2.42. The Labute approximate surface area is 223 Å². The van der Waals surface area contributed by atoms with E-state index in [4.69, 9.17) is 28.6 Å². The highest BCUT2D eigenvalue weighted by Crippen LogP contribution is 2.47. The van der Waals surface area contributed by atoms with E-state index in [0.717, 1.165) is 33.3 Å². The van der Waals surface area contributed by atoms with Crippen LogP contribution in [-0.4, -0.2) is 34.7 Å². The highest BCUT2D eigenvalue weighted by atomic mass is 35.5. The lowest BCUT2D eigenvalue weighted by Gasteiger charge is -2.41. The molecule has 0 unspecified atom stereocenters. The Morgan fingerprint density at radius 1 is 1.14 bits per heavy atom. The summed E-state index contributed by atoms with van der Waals surface area (Å²) in [5, 5.41) is 4.95. The van der Waals surface area contributed by atoms with Gasteiger partial charge >= 0.3 is 0 Å². The maximum absolute atomic E-state index is 7.07. The van der Waals surface area contributed by atoms with Crippen LogP contribution in [0.15, 0.2) is 66.9 Å². The fourth-order valence-electron chi connectivity index (χ4n) is 5.26. The molecule has 5 nitrogen and oxygen atoms in total. The summed E-state index contributed by atoms with van der Waals surface area (Å²) < 4.78 is 5.34. The minimum atomic E-state index is -0.130. The number of hydrogen-bond acceptors (Lipinski definition) is 4. The lowest BCUT2D eigenvalue weighted by atomic mass is 9.86. The molecule has 36 heavy (non-hydrogen) atoms. The van der Waals surface area contributed by atoms with Gasteiger partial charge in [-0.2, -0.15) is 0 Å². The summed E-state index contributed by atoms with van der Waals surface area (Å²) in [6, 6.07) is 18.2. The summed E-state index contributed by atoms with van der Waals surface area (Å²) >= 11 is 13.0. The molecule has 3 heterocycles. The summed E-state index contributed by atoms with van der Waals surface area (Å²) in [6.45, 7) is 7.25. The van der Waals surface area contributed by atoms with E-state index < -0.39 is 0 Å². The molecule has 1 saturated heterocycles. The van der Waals surface area contributed by atoms with Crippen LogP contribution >= 0.6 is 23.8 Å². The Kier molecular flexibility index (Phi) is 6.43. The summed E-state index contributed by atoms with van der Waals surface area (Å²) in [5.74, 6) is 0.829. The minimum Gasteiger partial charge on any atom is -0.497 e. The van der Waals surface area contributed by atoms with Crippen molar-refractivity contribution in [3.05, 3.63) is 94.3 Å². The third kappa shape index (κ3) is 4.33. The quantitative estimate of drug-likeness (QED) is 0.386. The van der Waals surface area contributed by atoms with Gasteiger partial charge in [0.1, 0.15) is 5.75 Å². The number of allylic oxidation sites excluding steroid dienone is 1. The first-order valence-corrected chi connectivity index (χ1v) is 12.9. The minimum absolute atomic E-state index is 0.0880. The van der Waals surface area contributed by atoms with Gasteiger partial charge in [0.2, 0.25) is 0 Å². The average Bonchev–Trinajstić information content (AvgIpc) is 3.18. The third-order valence-corrected chi connectivity index (χ3v) is 8.04. The Morgan fingerprint density at radius 2 is 1.89 bits per heavy atom. The number of anilines is 1. The first-order chi connectivity index (χ1) is 17.2. The van der Waals surface area contributed by atoms with Gasteiger partial charge in [-0.1, -0.05) is 35.9 Å². The Balaban J connectivity index is 1.62. The number of hydrogen-bond donors (Lipinski definition) is 1. The second kappa shape index (κ2) is 9.41. The van der Waals surface area contributed by atoms with Crippen LogP contribution in [0.5, 0.6) is 5.75 Å². The van der Waals surface area contributed by atoms with Crippen molar-refractivity contribution >= 4 is 40.2 Å². The van der Waals surface area contributed by atoms with Crippen molar-refractivity contribution in [2.45, 2.75) is 44.9 Å². The molecular weight excluding hydrogens is 488 g/mol. The van der Waals surface area contributed by atoms with Gasteiger partial charge < -0.3 is 19.9 Å². The topological polar surface area (TPSA) is 40.6 Å². The highest BCUT2D eigenvalue weighted by molar-refractivity contribution is 7.80. The molecule has 1 fully saturated rings. The van der Waals surface area contributed by atoms with Gasteiger partial charge in [-0.05, 0) is 86.1 Å². The standard InChI is InChI=1S/C29H31ClN4OS/c1-18-16-29(2,3)33(4)25-15-23(30)22(14-21(18)25)27-26(24-8-6-7-13-31-24)32-28(36)34(27)17-19-9-11-20(35-5)12-10-19/h6-16,26-27H,17H2,1-5H3,(H,32,36)/t26-,27-/m0/s1. The van der Waals surface area contributed by atoms with E-state index in [1.165, 1.54) is 11.1 Å². The van der Waals surface area contributed by atoms with Crippen molar-refractivity contribution in [3.8, 4) is 5.75 Å². The van der Waals surface area contributed by atoms with E-state index in [1.54, 1.807) is 7.11 Å². The molecule has 7 heteroatoms. The fraction of sp³-hybridized carbons (Fsp3) is 0.310. The molecule has 2 aliphatic heterocycles. The number of pyridine rings is 1. The van der Waals surface area contributed by atoms with Crippen LogP contribution in [0.2, 0.25) is 5.02 Å². The number of methoxy groups -OCH3 is 1. The van der Waals surface area contributed by atoms with Crippen LogP contribution in [0.25, 0.3) is 5.57 Å². The number of halogens is 1. The maximum Gasteiger partial charge on any atom is 0.170 e. The zero-order chi connectivity index (χ0) is 25.6. The number of nitrogens with zero attached hydrogens (tertiary/aromatic N) is 3. The molecule has 1 aromatic heterocycles. The smallest absolute Gasteiger partial charge is 0.170 e. The van der Waals surface area contributed by atoms with Crippen LogP contribution in [0.4, 0.5) is 5.69 Å². The molecular formula is C29H31ClN4OS. The highest BCUT2D eigenvalue weighted by Gasteiger charge is 2.41. The van der Waals surface area contributed by atoms with Crippen LogP contribution in [-0.2, 0) is 6.54 Å². The van der Waals surface area contributed by atoms with Crippen molar-refractivity contribution < 1.29 is 4.74 Å². The Morgan fingerprint density at radius 3 is 2.56 bits per heavy atom. The Hall–Kier alpha value is -3.09. The van der Waals surface area contributed by atoms with Crippen molar-refractivity contribution in [2.75, 3.05) is 19.1 Å². The maximum atomic E-state index is 7.07. The van der Waals surface area contributed by atoms with Gasteiger partial charge in [0.05, 0.1) is 30.4 Å². The van der Waals surface area contributed by atoms with Crippen LogP contribution < -0.4 is 15.0 Å². The molecule has 5 rings (SSSR count). The van der Waals surface area contributed by atoms with Gasteiger partial charge in [0.25, 0.3) is 0 Å². The number of fused-ring (bicyclic) bond motifs is 1. The van der Waals surface area contributed by atoms with E-state index in [9.17, 15) is 0 Å². The summed E-state index contributed by atoms with van der Waals surface area (Å²) in [7, 11) is 3.80. The number of aromatic nitrogens is 1. The lowest BCUT2D eigenvalue weighted by molar-refractivity contribution is 0.311. The van der Waals surface area contributed by atoms with Gasteiger partial charge in [0.15, 0.2) is 5.11 Å². The van der Waals surface area contributed by atoms with Gasteiger partial charge in [-0.15, -0.1) is 0 Å². The molecule has 0 bridgehead atoms. The van der Waals surface area contributed by atoms with Gasteiger partial charge in [0, 0.05) is 36.1 Å². The van der Waals surface area contributed by atoms with Crippen molar-refractivity contribution in [1.82, 2.24) is 15.2 Å². The third-order valence-electron chi connectivity index (χ3n) is 7.36. The fourth-order valence-corrected chi connectivity index (χ4v) is 5.83. The summed E-state index contributed by atoms with van der Waals surface area (Å²) in [6.07, 6.45) is 4.14. The molecule has 0 amide bonds. The van der Waals surface area contributed by atoms with Crippen molar-refractivity contribution in [2.24, 2.45) is 0 Å². The van der Waals surface area contributed by atoms with Crippen molar-refractivity contribution in [3.63, 3.8) is 0 Å². The van der Waals surface area contributed by atoms with E-state index in [-0.39, 0.29) is 17.6 Å². The average molecular weight is 519 g/mol.